The number of rotatable bonds is 6. The number of nitrogens with zero attached hydrogens (tertiary/aromatic N) is 1. The standard InChI is InChI=1S/C12H17ClN2O2/c1-15(7-2-8-16)9-12(17)14-11-5-3-10(13)4-6-11/h3-6,16H,2,7-9H2,1H3,(H,14,17). The molecule has 2 N–H and O–H groups in total. The molecule has 0 bridgehead atoms. The van der Waals surface area contributed by atoms with Crippen LogP contribution in [0.5, 0.6) is 0 Å². The molecule has 0 spiro atoms. The molecule has 4 nitrogen and oxygen atoms in total. The summed E-state index contributed by atoms with van der Waals surface area (Å²) in [5.41, 5.74) is 0.731. The number of anilines is 1. The largest absolute Gasteiger partial charge is 0.396 e. The summed E-state index contributed by atoms with van der Waals surface area (Å²) >= 11 is 5.75. The minimum Gasteiger partial charge on any atom is -0.396 e. The summed E-state index contributed by atoms with van der Waals surface area (Å²) in [4.78, 5) is 13.5. The van der Waals surface area contributed by atoms with Gasteiger partial charge in [0.15, 0.2) is 0 Å². The Balaban J connectivity index is 2.36. The maximum Gasteiger partial charge on any atom is 0.238 e. The molecular weight excluding hydrogens is 240 g/mol. The molecule has 0 aliphatic heterocycles. The monoisotopic (exact) mass is 256 g/mol. The third kappa shape index (κ3) is 5.68. The van der Waals surface area contributed by atoms with Crippen molar-refractivity contribution in [1.29, 1.82) is 0 Å². The van der Waals surface area contributed by atoms with Gasteiger partial charge in [-0.05, 0) is 37.7 Å². The maximum absolute atomic E-state index is 11.6. The van der Waals surface area contributed by atoms with Crippen molar-refractivity contribution in [3.63, 3.8) is 0 Å². The number of halogens is 1. The Morgan fingerprint density at radius 2 is 2.06 bits per heavy atom. The first-order chi connectivity index (χ1) is 8.11. The van der Waals surface area contributed by atoms with Crippen LogP contribution in [0.25, 0.3) is 0 Å². The summed E-state index contributed by atoms with van der Waals surface area (Å²) in [7, 11) is 1.84. The summed E-state index contributed by atoms with van der Waals surface area (Å²) < 4.78 is 0. The Hall–Kier alpha value is -1.10. The molecule has 0 aliphatic carbocycles. The van der Waals surface area contributed by atoms with Crippen LogP contribution in [0.2, 0.25) is 5.02 Å². The van der Waals surface area contributed by atoms with E-state index in [0.29, 0.717) is 24.5 Å². The average molecular weight is 257 g/mol. The fraction of sp³-hybridized carbons (Fsp3) is 0.417. The predicted molar refractivity (Wildman–Crippen MR) is 69.3 cm³/mol. The molecule has 0 fully saturated rings. The van der Waals surface area contributed by atoms with Crippen molar-refractivity contribution in [3.05, 3.63) is 29.3 Å². The van der Waals surface area contributed by atoms with Gasteiger partial charge in [-0.15, -0.1) is 0 Å². The Morgan fingerprint density at radius 3 is 2.65 bits per heavy atom. The summed E-state index contributed by atoms with van der Waals surface area (Å²) in [5.74, 6) is -0.0761. The number of carbonyl (C=O) groups excluding carboxylic acids is 1. The van der Waals surface area contributed by atoms with E-state index in [9.17, 15) is 4.79 Å². The van der Waals surface area contributed by atoms with Gasteiger partial charge in [-0.25, -0.2) is 0 Å². The maximum atomic E-state index is 11.6. The van der Waals surface area contributed by atoms with Gasteiger partial charge in [0.05, 0.1) is 6.54 Å². The minimum atomic E-state index is -0.0761. The molecule has 0 unspecified atom stereocenters. The second-order valence-electron chi connectivity index (χ2n) is 3.87. The quantitative estimate of drug-likeness (QED) is 0.813. The molecule has 0 saturated heterocycles. The number of aliphatic hydroxyl groups excluding tert-OH is 1. The van der Waals surface area contributed by atoms with Crippen LogP contribution in [0.15, 0.2) is 24.3 Å². The van der Waals surface area contributed by atoms with Gasteiger partial charge >= 0.3 is 0 Å². The smallest absolute Gasteiger partial charge is 0.238 e. The molecule has 1 aromatic carbocycles. The summed E-state index contributed by atoms with van der Waals surface area (Å²) in [6, 6.07) is 6.97. The van der Waals surface area contributed by atoms with E-state index >= 15 is 0 Å². The number of amides is 1. The van der Waals surface area contributed by atoms with Crippen LogP contribution in [0.4, 0.5) is 5.69 Å². The number of likely N-dealkylation sites (N-methyl/N-ethyl adjacent to an activating group) is 1. The van der Waals surface area contributed by atoms with Crippen LogP contribution >= 0.6 is 11.6 Å². The molecule has 0 aliphatic rings. The molecule has 0 radical (unpaired) electrons. The van der Waals surface area contributed by atoms with Crippen molar-refractivity contribution in [2.75, 3.05) is 32.1 Å². The van der Waals surface area contributed by atoms with Gasteiger partial charge in [0.1, 0.15) is 0 Å². The lowest BCUT2D eigenvalue weighted by atomic mass is 10.3. The molecule has 5 heteroatoms. The highest BCUT2D eigenvalue weighted by molar-refractivity contribution is 6.30. The molecular formula is C12H17ClN2O2. The molecule has 94 valence electrons. The topological polar surface area (TPSA) is 52.6 Å². The van der Waals surface area contributed by atoms with E-state index in [4.69, 9.17) is 16.7 Å². The Bertz CT molecular complexity index is 354. The molecule has 0 aromatic heterocycles. The molecule has 17 heavy (non-hydrogen) atoms. The summed E-state index contributed by atoms with van der Waals surface area (Å²) in [6.45, 7) is 1.15. The zero-order chi connectivity index (χ0) is 12.7. The first-order valence-corrected chi connectivity index (χ1v) is 5.84. The first kappa shape index (κ1) is 14.0. The molecule has 0 atom stereocenters. The summed E-state index contributed by atoms with van der Waals surface area (Å²) in [5, 5.41) is 12.1. The van der Waals surface area contributed by atoms with Gasteiger partial charge in [-0.1, -0.05) is 11.6 Å². The second-order valence-corrected chi connectivity index (χ2v) is 4.31. The summed E-state index contributed by atoms with van der Waals surface area (Å²) in [6.07, 6.45) is 0.671. The number of nitrogens with one attached hydrogen (secondary N) is 1. The van der Waals surface area contributed by atoms with Crippen LogP contribution < -0.4 is 5.32 Å². The zero-order valence-corrected chi connectivity index (χ0v) is 10.6. The number of carbonyl (C=O) groups is 1. The highest BCUT2D eigenvalue weighted by Crippen LogP contribution is 2.13. The Labute approximate surface area is 106 Å². The lowest BCUT2D eigenvalue weighted by molar-refractivity contribution is -0.117. The predicted octanol–water partition coefficient (Wildman–Crippen LogP) is 1.59. The fourth-order valence-corrected chi connectivity index (χ4v) is 1.52. The molecule has 0 saturated carbocycles. The van der Waals surface area contributed by atoms with E-state index in [1.54, 1.807) is 24.3 Å². The Morgan fingerprint density at radius 1 is 1.41 bits per heavy atom. The van der Waals surface area contributed by atoms with Crippen molar-refractivity contribution in [3.8, 4) is 0 Å². The van der Waals surface area contributed by atoms with Gasteiger partial charge in [0, 0.05) is 23.9 Å². The van der Waals surface area contributed by atoms with E-state index in [0.717, 1.165) is 5.69 Å². The number of aliphatic hydroxyl groups is 1. The SMILES string of the molecule is CN(CCCO)CC(=O)Nc1ccc(Cl)cc1. The van der Waals surface area contributed by atoms with Crippen molar-refractivity contribution in [1.82, 2.24) is 4.90 Å². The molecule has 1 amide bonds. The van der Waals surface area contributed by atoms with Crippen molar-refractivity contribution in [2.45, 2.75) is 6.42 Å². The highest BCUT2D eigenvalue weighted by Gasteiger charge is 2.06. The van der Waals surface area contributed by atoms with E-state index in [1.165, 1.54) is 0 Å². The first-order valence-electron chi connectivity index (χ1n) is 5.46. The van der Waals surface area contributed by atoms with Gasteiger partial charge in [-0.2, -0.15) is 0 Å². The second kappa shape index (κ2) is 7.27. The molecule has 0 heterocycles. The normalized spacial score (nSPS) is 10.6. The van der Waals surface area contributed by atoms with Gasteiger partial charge < -0.3 is 10.4 Å². The van der Waals surface area contributed by atoms with Crippen LogP contribution in [0.3, 0.4) is 0 Å². The van der Waals surface area contributed by atoms with Crippen LogP contribution in [0.1, 0.15) is 6.42 Å². The fourth-order valence-electron chi connectivity index (χ4n) is 1.40. The van der Waals surface area contributed by atoms with Crippen molar-refractivity contribution >= 4 is 23.2 Å². The minimum absolute atomic E-state index is 0.0761. The van der Waals surface area contributed by atoms with Crippen LogP contribution in [0, 0.1) is 0 Å². The third-order valence-electron chi connectivity index (χ3n) is 2.24. The number of benzene rings is 1. The van der Waals surface area contributed by atoms with Crippen molar-refractivity contribution in [2.24, 2.45) is 0 Å². The molecule has 1 rings (SSSR count). The number of hydrogen-bond acceptors (Lipinski definition) is 3. The van der Waals surface area contributed by atoms with E-state index in [-0.39, 0.29) is 12.5 Å². The molecule has 1 aromatic rings. The Kier molecular flexibility index (Phi) is 5.97. The lowest BCUT2D eigenvalue weighted by Gasteiger charge is -2.15. The van der Waals surface area contributed by atoms with Gasteiger partial charge in [0.2, 0.25) is 5.91 Å². The van der Waals surface area contributed by atoms with E-state index in [2.05, 4.69) is 5.32 Å². The third-order valence-corrected chi connectivity index (χ3v) is 2.49. The zero-order valence-electron chi connectivity index (χ0n) is 9.82. The van der Waals surface area contributed by atoms with Gasteiger partial charge in [0.25, 0.3) is 0 Å². The van der Waals surface area contributed by atoms with Crippen LogP contribution in [-0.4, -0.2) is 42.7 Å². The highest BCUT2D eigenvalue weighted by atomic mass is 35.5. The lowest BCUT2D eigenvalue weighted by Crippen LogP contribution is -2.31. The van der Waals surface area contributed by atoms with Crippen LogP contribution in [-0.2, 0) is 4.79 Å². The van der Waals surface area contributed by atoms with Gasteiger partial charge in [-0.3, -0.25) is 9.69 Å². The van der Waals surface area contributed by atoms with Crippen molar-refractivity contribution < 1.29 is 9.90 Å². The average Bonchev–Trinajstić information content (AvgIpc) is 2.29. The van der Waals surface area contributed by atoms with E-state index < -0.39 is 0 Å². The number of hydrogen-bond donors (Lipinski definition) is 2. The van der Waals surface area contributed by atoms with E-state index in [1.807, 2.05) is 11.9 Å².